The number of hydrogen-bond donors (Lipinski definition) is 0. The fourth-order valence-corrected chi connectivity index (χ4v) is 22.6. The molecule has 0 spiro atoms. The van der Waals surface area contributed by atoms with E-state index in [9.17, 15) is 0 Å². The Bertz CT molecular complexity index is 3850. The van der Waals surface area contributed by atoms with E-state index in [-0.39, 0.29) is 0 Å². The molecule has 0 saturated heterocycles. The van der Waals surface area contributed by atoms with Crippen LogP contribution in [0.15, 0.2) is 474 Å². The topological polar surface area (TPSA) is 0 Å². The number of benzene rings is 13. The molecule has 6 heteroatoms. The van der Waals surface area contributed by atoms with Crippen molar-refractivity contribution in [2.75, 3.05) is 0 Å². The molecule has 0 nitrogen and oxygen atoms in total. The Kier molecular flexibility index (Phi) is 35.3. The van der Waals surface area contributed by atoms with Gasteiger partial charge >= 0.3 is 129 Å². The molecule has 15 rings (SSSR count). The maximum Gasteiger partial charge on any atom is 0.102 e. The molecule has 104 heavy (non-hydrogen) atoms. The largest absolute Gasteiger partial charge is 0.748 e. The summed E-state index contributed by atoms with van der Waals surface area (Å²) in [6.07, 6.45) is 5.45. The van der Waals surface area contributed by atoms with Crippen molar-refractivity contribution in [3.63, 3.8) is 0 Å². The summed E-state index contributed by atoms with van der Waals surface area (Å²) in [4.78, 5) is 0. The molecule has 15 aromatic carbocycles. The van der Waals surface area contributed by atoms with Crippen LogP contribution in [-0.4, -0.2) is 8.53 Å². The van der Waals surface area contributed by atoms with Crippen LogP contribution in [0.4, 0.5) is 0 Å². The van der Waals surface area contributed by atoms with E-state index in [1.165, 1.54) is 74.8 Å². The van der Waals surface area contributed by atoms with E-state index in [0.29, 0.717) is 0 Å². The maximum atomic E-state index is 3.76. The summed E-state index contributed by atoms with van der Waals surface area (Å²) in [6, 6.07) is 158. The van der Waals surface area contributed by atoms with E-state index in [4.69, 9.17) is 0 Å². The first kappa shape index (κ1) is 78.4. The zero-order valence-electron chi connectivity index (χ0n) is 58.4. The molecule has 15 aromatic rings. The Balaban J connectivity index is 0.000000145. The third kappa shape index (κ3) is 25.9. The van der Waals surface area contributed by atoms with Crippen molar-refractivity contribution in [1.82, 2.24) is 0 Å². The molecule has 0 aliphatic heterocycles. The number of rotatable bonds is 18. The van der Waals surface area contributed by atoms with Gasteiger partial charge in [-0.05, 0) is 146 Å². The first-order valence-corrected chi connectivity index (χ1v) is 42.5. The fraction of sp³-hybridized carbons (Fsp3) is 0.0204. The summed E-state index contributed by atoms with van der Waals surface area (Å²) in [6.45, 7) is 7.52. The normalized spacial score (nSPS) is 10.0. The molecule has 0 aliphatic rings. The van der Waals surface area contributed by atoms with E-state index in [1.807, 2.05) is 72.8 Å². The second kappa shape index (κ2) is 46.8. The number of hydrogen-bond acceptors (Lipinski definition) is 0. The van der Waals surface area contributed by atoms with Crippen LogP contribution in [-0.2, 0) is 35.7 Å². The fourth-order valence-electron chi connectivity index (χ4n) is 11.5. The Hall–Kier alpha value is -9.69. The third-order valence-corrected chi connectivity index (χ3v) is 28.3. The summed E-state index contributed by atoms with van der Waals surface area (Å²) in [5, 5.41) is 17.2. The van der Waals surface area contributed by atoms with Crippen molar-refractivity contribution in [1.29, 1.82) is 0 Å². The van der Waals surface area contributed by atoms with E-state index in [1.54, 1.807) is 0 Å². The van der Waals surface area contributed by atoms with Crippen LogP contribution in [0.2, 0.25) is 0 Å². The monoisotopic (exact) mass is 1590 g/mol. The summed E-state index contributed by atoms with van der Waals surface area (Å²) in [7, 11) is -3.51. The minimum Gasteiger partial charge on any atom is -0.748 e. The zero-order valence-corrected chi connectivity index (χ0v) is 65.9. The first-order chi connectivity index (χ1) is 51.6. The van der Waals surface area contributed by atoms with Crippen LogP contribution in [0.5, 0.6) is 0 Å². The van der Waals surface area contributed by atoms with Gasteiger partial charge in [0.05, 0.1) is 31.7 Å². The summed E-state index contributed by atoms with van der Waals surface area (Å²) < 4.78 is 6.28. The SMILES string of the molecule is C=CCC(=[C]=[Ru+])c1ccc(C(=[C]=[Ru+])CC=C)cc1.[cH-]1[cH-][cH-][cH-][cH-]1.c1cc[cH-]c1.c1ccc([PH+](c2ccccc2)c2ccccc2)cc1.c1ccc([PH+](c2ccccc2)c2ccccc2)cc1.c1ccc([PH+](c2ccccc2)c2ccccc2)cc1.c1ccc([PH+](c2ccccc2)c2ccccc2)cc1. The summed E-state index contributed by atoms with van der Waals surface area (Å²) in [5.41, 5.74) is 4.66. The first-order valence-electron chi connectivity index (χ1n) is 34.8. The molecule has 0 unspecified atom stereocenters. The molecular formula is C98H88P4Ru2. The van der Waals surface area contributed by atoms with Gasteiger partial charge in [0.15, 0.2) is 0 Å². The molecule has 0 saturated carbocycles. The van der Waals surface area contributed by atoms with Gasteiger partial charge in [-0.15, -0.1) is 0 Å². The Morgan fingerprint density at radius 3 is 0.481 bits per heavy atom. The van der Waals surface area contributed by atoms with E-state index in [0.717, 1.165) is 24.0 Å². The Labute approximate surface area is 643 Å². The molecule has 0 amide bonds. The molecule has 0 N–H and O–H groups in total. The van der Waals surface area contributed by atoms with Gasteiger partial charge in [-0.1, -0.05) is 218 Å². The van der Waals surface area contributed by atoms with Gasteiger partial charge in [0.1, 0.15) is 63.7 Å². The van der Waals surface area contributed by atoms with Crippen LogP contribution in [0.25, 0.3) is 11.1 Å². The molecule has 0 heterocycles. The third-order valence-electron chi connectivity index (χ3n) is 16.4. The van der Waals surface area contributed by atoms with Gasteiger partial charge < -0.3 is 30.3 Å². The van der Waals surface area contributed by atoms with E-state index in [2.05, 4.69) is 446 Å². The minimum atomic E-state index is -0.877. The van der Waals surface area contributed by atoms with Gasteiger partial charge in [0.25, 0.3) is 0 Å². The molecule has 0 atom stereocenters. The average Bonchev–Trinajstić information content (AvgIpc) is 0.848. The van der Waals surface area contributed by atoms with Crippen molar-refractivity contribution in [2.24, 2.45) is 0 Å². The van der Waals surface area contributed by atoms with Gasteiger partial charge in [-0.25, -0.2) is 12.1 Å². The average molecular weight is 1590 g/mol. The van der Waals surface area contributed by atoms with Gasteiger partial charge in [-0.2, -0.15) is 18.2 Å². The summed E-state index contributed by atoms with van der Waals surface area (Å²) >= 11 is 4.87. The molecule has 0 radical (unpaired) electrons. The predicted octanol–water partition coefficient (Wildman–Crippen LogP) is 19.0. The smallest absolute Gasteiger partial charge is 0.102 e. The van der Waals surface area contributed by atoms with Crippen molar-refractivity contribution in [3.05, 3.63) is 485 Å². The maximum absolute atomic E-state index is 3.76. The second-order valence-corrected chi connectivity index (χ2v) is 34.3. The van der Waals surface area contributed by atoms with Crippen molar-refractivity contribution in [2.45, 2.75) is 12.8 Å². The standard InChI is InChI=1S/4C18H15P.C16H14.2C5H5.2Ru/c4*1-4-10-16(11-5-1)19(17-12-6-2-7-13-17)18-14-8-3-9-15-18;1-5-7-13(3)15-9-11-16(12-10-15)14(4)8-6-2;2*1-2-4-5-3-1;;/h4*1-15H;5-6,9-12H,1-2,7-8H2;2*1-5H;;/q;;;;;-5;-1;2*+1/p+4. The van der Waals surface area contributed by atoms with E-state index < -0.39 is 31.7 Å². The van der Waals surface area contributed by atoms with Crippen molar-refractivity contribution >= 4 is 115 Å². The van der Waals surface area contributed by atoms with Gasteiger partial charge in [0, 0.05) is 0 Å². The molecule has 0 aromatic heterocycles. The van der Waals surface area contributed by atoms with Crippen molar-refractivity contribution < 1.29 is 35.7 Å². The number of allylic oxidation sites excluding steroid dienone is 4. The Morgan fingerprint density at radius 2 is 0.375 bits per heavy atom. The predicted molar refractivity (Wildman–Crippen MR) is 463 cm³/mol. The van der Waals surface area contributed by atoms with Crippen LogP contribution < -0.4 is 63.7 Å². The van der Waals surface area contributed by atoms with E-state index >= 15 is 0 Å². The molecule has 0 bridgehead atoms. The molecule has 516 valence electrons. The molecule has 0 aliphatic carbocycles. The van der Waals surface area contributed by atoms with Gasteiger partial charge in [0.2, 0.25) is 0 Å². The zero-order chi connectivity index (χ0) is 72.1. The van der Waals surface area contributed by atoms with Crippen LogP contribution >= 0.6 is 31.7 Å². The van der Waals surface area contributed by atoms with Crippen LogP contribution in [0.3, 0.4) is 0 Å². The minimum absolute atomic E-state index is 0.831. The van der Waals surface area contributed by atoms with Crippen LogP contribution in [0.1, 0.15) is 24.0 Å². The second-order valence-electron chi connectivity index (χ2n) is 23.5. The Morgan fingerprint density at radius 1 is 0.231 bits per heavy atom. The van der Waals surface area contributed by atoms with Crippen LogP contribution in [0, 0.1) is 0 Å². The quantitative estimate of drug-likeness (QED) is 0.0348. The molecular weight excluding hydrogens is 1500 g/mol. The summed E-state index contributed by atoms with van der Waals surface area (Å²) in [5.74, 6) is 0. The molecule has 0 fully saturated rings. The van der Waals surface area contributed by atoms with Gasteiger partial charge in [-0.3, -0.25) is 0 Å². The van der Waals surface area contributed by atoms with Crippen molar-refractivity contribution in [3.8, 4) is 0 Å².